The summed E-state index contributed by atoms with van der Waals surface area (Å²) in [5.41, 5.74) is 0.991. The second-order valence-electron chi connectivity index (χ2n) is 8.02. The summed E-state index contributed by atoms with van der Waals surface area (Å²) in [6, 6.07) is 8.83. The number of likely N-dealkylation sites (N-methyl/N-ethyl adjacent to an activating group) is 1. The number of hydrazine groups is 1. The van der Waals surface area contributed by atoms with Crippen LogP contribution in [-0.4, -0.2) is 90.3 Å². The molecule has 0 radical (unpaired) electrons. The average Bonchev–Trinajstić information content (AvgIpc) is 2.76. The summed E-state index contributed by atoms with van der Waals surface area (Å²) >= 11 is 0. The molecule has 0 unspecified atom stereocenters. The Balaban J connectivity index is 1.82. The molecule has 0 saturated carbocycles. The van der Waals surface area contributed by atoms with Crippen LogP contribution in [0, 0.1) is 0 Å². The number of nitrogens with zero attached hydrogens (tertiary/aromatic N) is 4. The maximum absolute atomic E-state index is 13.2. The van der Waals surface area contributed by atoms with Gasteiger partial charge in [0.15, 0.2) is 0 Å². The van der Waals surface area contributed by atoms with Crippen molar-refractivity contribution in [2.24, 2.45) is 0 Å². The van der Waals surface area contributed by atoms with Crippen molar-refractivity contribution in [1.82, 2.24) is 25.1 Å². The van der Waals surface area contributed by atoms with E-state index >= 15 is 0 Å². The highest BCUT2D eigenvalue weighted by atomic mass is 16.5. The largest absolute Gasteiger partial charge is 0.383 e. The van der Waals surface area contributed by atoms with E-state index in [1.807, 2.05) is 30.3 Å². The molecular formula is C22H33N5O4. The third-order valence-electron chi connectivity index (χ3n) is 5.83. The number of urea groups is 1. The van der Waals surface area contributed by atoms with Crippen LogP contribution in [0.5, 0.6) is 0 Å². The molecule has 2 atom stereocenters. The van der Waals surface area contributed by atoms with E-state index in [9.17, 15) is 14.4 Å². The van der Waals surface area contributed by atoms with E-state index in [0.29, 0.717) is 26.1 Å². The fraction of sp³-hybridized carbons (Fsp3) is 0.591. The predicted molar refractivity (Wildman–Crippen MR) is 116 cm³/mol. The van der Waals surface area contributed by atoms with Crippen molar-refractivity contribution in [2.75, 3.05) is 40.4 Å². The Morgan fingerprint density at radius 1 is 1.23 bits per heavy atom. The van der Waals surface area contributed by atoms with Crippen LogP contribution in [0.4, 0.5) is 4.79 Å². The topological polar surface area (TPSA) is 85.4 Å². The van der Waals surface area contributed by atoms with Gasteiger partial charge in [0.2, 0.25) is 11.8 Å². The van der Waals surface area contributed by atoms with Crippen molar-refractivity contribution in [1.29, 1.82) is 0 Å². The number of rotatable bonds is 8. The van der Waals surface area contributed by atoms with Gasteiger partial charge in [0.25, 0.3) is 0 Å². The number of piperazine rings is 1. The van der Waals surface area contributed by atoms with Crippen LogP contribution in [-0.2, 0) is 20.9 Å². The van der Waals surface area contributed by atoms with Gasteiger partial charge in [-0.05, 0) is 12.0 Å². The quantitative estimate of drug-likeness (QED) is 0.670. The SMILES string of the molecule is CCCC[C@H]1C(=O)N(CCOC)C[C@H]2N1C(=O)CN(C)N2C(=O)NCc1ccccc1. The normalized spacial score (nSPS) is 22.0. The number of nitrogens with one attached hydrogen (secondary N) is 1. The fourth-order valence-corrected chi connectivity index (χ4v) is 4.24. The number of fused-ring (bicyclic) bond motifs is 1. The molecule has 0 bridgehead atoms. The molecule has 1 N–H and O–H groups in total. The number of amides is 4. The first-order valence-electron chi connectivity index (χ1n) is 10.9. The molecule has 9 heteroatoms. The smallest absolute Gasteiger partial charge is 0.334 e. The summed E-state index contributed by atoms with van der Waals surface area (Å²) < 4.78 is 5.17. The molecule has 4 amide bonds. The minimum atomic E-state index is -0.554. The summed E-state index contributed by atoms with van der Waals surface area (Å²) in [5, 5.41) is 6.18. The number of methoxy groups -OCH3 is 1. The van der Waals surface area contributed by atoms with Gasteiger partial charge in [-0.15, -0.1) is 0 Å². The monoisotopic (exact) mass is 431 g/mol. The van der Waals surface area contributed by atoms with Gasteiger partial charge in [0, 0.05) is 27.2 Å². The molecule has 2 aliphatic rings. The van der Waals surface area contributed by atoms with Gasteiger partial charge >= 0.3 is 6.03 Å². The van der Waals surface area contributed by atoms with Crippen molar-refractivity contribution < 1.29 is 19.1 Å². The van der Waals surface area contributed by atoms with E-state index in [1.54, 1.807) is 34.0 Å². The van der Waals surface area contributed by atoms with E-state index in [-0.39, 0.29) is 30.9 Å². The Morgan fingerprint density at radius 2 is 1.97 bits per heavy atom. The van der Waals surface area contributed by atoms with E-state index in [4.69, 9.17) is 4.74 Å². The third kappa shape index (κ3) is 5.16. The van der Waals surface area contributed by atoms with Crippen LogP contribution >= 0.6 is 0 Å². The molecule has 2 heterocycles. The molecule has 9 nitrogen and oxygen atoms in total. The van der Waals surface area contributed by atoms with E-state index in [2.05, 4.69) is 12.2 Å². The lowest BCUT2D eigenvalue weighted by molar-refractivity contribution is -0.187. The molecule has 3 rings (SSSR count). The Kier molecular flexibility index (Phi) is 7.86. The molecule has 31 heavy (non-hydrogen) atoms. The zero-order valence-electron chi connectivity index (χ0n) is 18.6. The van der Waals surface area contributed by atoms with Gasteiger partial charge in [-0.3, -0.25) is 9.59 Å². The van der Waals surface area contributed by atoms with Crippen molar-refractivity contribution >= 4 is 17.8 Å². The molecule has 0 aliphatic carbocycles. The lowest BCUT2D eigenvalue weighted by Crippen LogP contribution is -2.76. The van der Waals surface area contributed by atoms with Crippen molar-refractivity contribution in [3.05, 3.63) is 35.9 Å². The van der Waals surface area contributed by atoms with Crippen LogP contribution in [0.15, 0.2) is 30.3 Å². The van der Waals surface area contributed by atoms with Crippen molar-refractivity contribution in [3.63, 3.8) is 0 Å². The highest BCUT2D eigenvalue weighted by Gasteiger charge is 2.50. The van der Waals surface area contributed by atoms with Crippen LogP contribution in [0.2, 0.25) is 0 Å². The van der Waals surface area contributed by atoms with Crippen LogP contribution in [0.25, 0.3) is 0 Å². The summed E-state index contributed by atoms with van der Waals surface area (Å²) in [4.78, 5) is 42.6. The summed E-state index contributed by atoms with van der Waals surface area (Å²) in [5.74, 6) is -0.190. The second kappa shape index (κ2) is 10.6. The maximum Gasteiger partial charge on any atom is 0.334 e. The average molecular weight is 432 g/mol. The Bertz CT molecular complexity index is 774. The minimum Gasteiger partial charge on any atom is -0.383 e. The zero-order valence-corrected chi connectivity index (χ0v) is 18.6. The first-order chi connectivity index (χ1) is 15.0. The first-order valence-corrected chi connectivity index (χ1v) is 10.9. The first kappa shape index (κ1) is 23.0. The standard InChI is InChI=1S/C22H33N5O4/c1-4-5-11-18-21(29)25(12-13-31-3)15-19-26(18)20(28)16-24(2)27(19)22(30)23-14-17-9-7-6-8-10-17/h6-10,18-19H,4-5,11-16H2,1-3H3,(H,23,30)/t18-,19-/m0/s1. The van der Waals surface area contributed by atoms with Crippen LogP contribution < -0.4 is 5.32 Å². The molecule has 1 aromatic carbocycles. The number of hydrogen-bond donors (Lipinski definition) is 1. The highest BCUT2D eigenvalue weighted by molar-refractivity contribution is 5.91. The van der Waals surface area contributed by atoms with Gasteiger partial charge < -0.3 is 19.9 Å². The number of hydrogen-bond acceptors (Lipinski definition) is 5. The molecule has 2 aliphatic heterocycles. The fourth-order valence-electron chi connectivity index (χ4n) is 4.24. The van der Waals surface area contributed by atoms with E-state index in [0.717, 1.165) is 18.4 Å². The number of ether oxygens (including phenoxy) is 1. The van der Waals surface area contributed by atoms with Crippen molar-refractivity contribution in [2.45, 2.75) is 44.9 Å². The van der Waals surface area contributed by atoms with E-state index in [1.165, 1.54) is 0 Å². The molecule has 0 spiro atoms. The summed E-state index contributed by atoms with van der Waals surface area (Å²) in [6.45, 7) is 3.60. The summed E-state index contributed by atoms with van der Waals surface area (Å²) in [6.07, 6.45) is 1.81. The Hall–Kier alpha value is -2.65. The second-order valence-corrected chi connectivity index (χ2v) is 8.02. The van der Waals surface area contributed by atoms with Crippen molar-refractivity contribution in [3.8, 4) is 0 Å². The maximum atomic E-state index is 13.2. The Labute approximate surface area is 183 Å². The highest BCUT2D eigenvalue weighted by Crippen LogP contribution is 2.28. The predicted octanol–water partition coefficient (Wildman–Crippen LogP) is 1.26. The van der Waals surface area contributed by atoms with Crippen LogP contribution in [0.1, 0.15) is 31.7 Å². The Morgan fingerprint density at radius 3 is 2.65 bits per heavy atom. The molecule has 2 saturated heterocycles. The van der Waals surface area contributed by atoms with Gasteiger partial charge in [-0.1, -0.05) is 50.1 Å². The lowest BCUT2D eigenvalue weighted by atomic mass is 10.0. The van der Waals surface area contributed by atoms with Gasteiger partial charge in [0.05, 0.1) is 19.7 Å². The number of benzene rings is 1. The summed E-state index contributed by atoms with van der Waals surface area (Å²) in [7, 11) is 3.32. The van der Waals surface area contributed by atoms with Gasteiger partial charge in [-0.25, -0.2) is 14.8 Å². The van der Waals surface area contributed by atoms with Crippen LogP contribution in [0.3, 0.4) is 0 Å². The molecule has 0 aromatic heterocycles. The molecule has 2 fully saturated rings. The minimum absolute atomic E-state index is 0.0588. The number of unbranched alkanes of at least 4 members (excludes halogenated alkanes) is 1. The van der Waals surface area contributed by atoms with Gasteiger partial charge in [-0.2, -0.15) is 0 Å². The molecular weight excluding hydrogens is 398 g/mol. The van der Waals surface area contributed by atoms with Gasteiger partial charge in [0.1, 0.15) is 12.2 Å². The number of carbonyl (C=O) groups is 3. The molecule has 170 valence electrons. The number of carbonyl (C=O) groups excluding carboxylic acids is 3. The molecule has 1 aromatic rings. The zero-order chi connectivity index (χ0) is 22.4. The van der Waals surface area contributed by atoms with E-state index < -0.39 is 12.2 Å². The third-order valence-corrected chi connectivity index (χ3v) is 5.83. The lowest BCUT2D eigenvalue weighted by Gasteiger charge is -2.54.